The highest BCUT2D eigenvalue weighted by Crippen LogP contribution is 2.08. The lowest BCUT2D eigenvalue weighted by atomic mass is 10.1. The molecule has 0 spiro atoms. The van der Waals surface area contributed by atoms with Gasteiger partial charge in [-0.25, -0.2) is 0 Å². The highest BCUT2D eigenvalue weighted by molar-refractivity contribution is 5.88. The SMILES string of the molecule is CC(C)(C)O/N=C1\C[NH2+]CC1C[NH3+].[Cl-].[Cl-]. The third-order valence-corrected chi connectivity index (χ3v) is 2.06. The molecule has 1 atom stereocenters. The van der Waals surface area contributed by atoms with Crippen LogP contribution in [0.25, 0.3) is 0 Å². The van der Waals surface area contributed by atoms with Crippen LogP contribution < -0.4 is 35.9 Å². The second-order valence-corrected chi connectivity index (χ2v) is 4.50. The molecule has 0 aliphatic carbocycles. The van der Waals surface area contributed by atoms with E-state index in [1.165, 1.54) is 0 Å². The summed E-state index contributed by atoms with van der Waals surface area (Å²) in [4.78, 5) is 5.39. The molecule has 1 saturated heterocycles. The van der Waals surface area contributed by atoms with Gasteiger partial charge in [0.25, 0.3) is 0 Å². The van der Waals surface area contributed by atoms with Crippen LogP contribution in [0.3, 0.4) is 0 Å². The minimum atomic E-state index is -0.179. The number of hydrogen-bond donors (Lipinski definition) is 2. The number of rotatable bonds is 2. The highest BCUT2D eigenvalue weighted by Gasteiger charge is 2.27. The van der Waals surface area contributed by atoms with Crippen LogP contribution in [0.1, 0.15) is 20.8 Å². The first-order valence-corrected chi connectivity index (χ1v) is 4.89. The fraction of sp³-hybridized carbons (Fsp3) is 0.889. The Kier molecular flexibility index (Phi) is 8.43. The summed E-state index contributed by atoms with van der Waals surface area (Å²) in [7, 11) is 0. The normalized spacial score (nSPS) is 23.2. The van der Waals surface area contributed by atoms with Gasteiger partial charge in [0.2, 0.25) is 0 Å². The molecule has 1 heterocycles. The number of nitrogens with two attached hydrogens (primary N) is 1. The van der Waals surface area contributed by atoms with Gasteiger partial charge in [-0.3, -0.25) is 0 Å². The summed E-state index contributed by atoms with van der Waals surface area (Å²) in [6.07, 6.45) is 0. The van der Waals surface area contributed by atoms with E-state index in [0.717, 1.165) is 25.3 Å². The molecular formula is C9H21Cl2N3O. The van der Waals surface area contributed by atoms with Crippen molar-refractivity contribution in [1.29, 1.82) is 0 Å². The van der Waals surface area contributed by atoms with Gasteiger partial charge in [0.15, 0.2) is 0 Å². The van der Waals surface area contributed by atoms with E-state index in [0.29, 0.717) is 5.92 Å². The third kappa shape index (κ3) is 6.20. The van der Waals surface area contributed by atoms with Crippen LogP contribution in [0.15, 0.2) is 5.16 Å². The van der Waals surface area contributed by atoms with E-state index >= 15 is 0 Å². The van der Waals surface area contributed by atoms with Gasteiger partial charge in [0.05, 0.1) is 13.1 Å². The van der Waals surface area contributed by atoms with Crippen molar-refractivity contribution in [2.24, 2.45) is 11.1 Å². The molecular weight excluding hydrogens is 237 g/mol. The van der Waals surface area contributed by atoms with Gasteiger partial charge in [-0.15, -0.1) is 0 Å². The predicted octanol–water partition coefficient (Wildman–Crippen LogP) is -7.40. The Morgan fingerprint density at radius 3 is 2.53 bits per heavy atom. The highest BCUT2D eigenvalue weighted by atomic mass is 35.5. The summed E-state index contributed by atoms with van der Waals surface area (Å²) in [6, 6.07) is 0. The number of nitrogens with zero attached hydrogens (tertiary/aromatic N) is 1. The van der Waals surface area contributed by atoms with Crippen molar-refractivity contribution in [2.45, 2.75) is 26.4 Å². The Labute approximate surface area is 104 Å². The van der Waals surface area contributed by atoms with Crippen LogP contribution in [-0.2, 0) is 4.84 Å². The van der Waals surface area contributed by atoms with Crippen molar-refractivity contribution in [3.05, 3.63) is 0 Å². The smallest absolute Gasteiger partial charge is 0.129 e. The van der Waals surface area contributed by atoms with Crippen LogP contribution in [0.2, 0.25) is 0 Å². The van der Waals surface area contributed by atoms with Gasteiger partial charge in [-0.2, -0.15) is 0 Å². The molecule has 0 aromatic heterocycles. The molecule has 15 heavy (non-hydrogen) atoms. The Morgan fingerprint density at radius 1 is 1.47 bits per heavy atom. The zero-order valence-corrected chi connectivity index (χ0v) is 11.1. The van der Waals surface area contributed by atoms with Crippen molar-refractivity contribution in [1.82, 2.24) is 0 Å². The van der Waals surface area contributed by atoms with Gasteiger partial charge in [-0.05, 0) is 20.8 Å². The first-order valence-electron chi connectivity index (χ1n) is 4.89. The van der Waals surface area contributed by atoms with Gasteiger partial charge < -0.3 is 40.7 Å². The van der Waals surface area contributed by atoms with E-state index in [4.69, 9.17) is 4.84 Å². The number of quaternary nitrogens is 2. The van der Waals surface area contributed by atoms with Crippen LogP contribution in [-0.4, -0.2) is 30.9 Å². The minimum Gasteiger partial charge on any atom is -1.00 e. The first-order chi connectivity index (χ1) is 6.03. The molecule has 0 amide bonds. The Hall–Kier alpha value is -0.0300. The third-order valence-electron chi connectivity index (χ3n) is 2.06. The molecule has 6 heteroatoms. The zero-order valence-electron chi connectivity index (χ0n) is 9.59. The van der Waals surface area contributed by atoms with Crippen molar-refractivity contribution < 1.29 is 40.7 Å². The molecule has 4 nitrogen and oxygen atoms in total. The molecule has 1 aliphatic rings. The van der Waals surface area contributed by atoms with Gasteiger partial charge in [0, 0.05) is 0 Å². The van der Waals surface area contributed by atoms with Crippen molar-refractivity contribution in [3.63, 3.8) is 0 Å². The summed E-state index contributed by atoms with van der Waals surface area (Å²) >= 11 is 0. The summed E-state index contributed by atoms with van der Waals surface area (Å²) in [5.41, 5.74) is 4.88. The van der Waals surface area contributed by atoms with Crippen LogP contribution in [0.4, 0.5) is 0 Å². The molecule has 1 rings (SSSR count). The summed E-state index contributed by atoms with van der Waals surface area (Å²) in [5.74, 6) is 0.516. The van der Waals surface area contributed by atoms with E-state index in [1.807, 2.05) is 20.8 Å². The Bertz CT molecular complexity index is 204. The van der Waals surface area contributed by atoms with Gasteiger partial charge in [0.1, 0.15) is 23.8 Å². The molecule has 1 fully saturated rings. The quantitative estimate of drug-likeness (QED) is 0.475. The maximum absolute atomic E-state index is 5.39. The fourth-order valence-electron chi connectivity index (χ4n) is 1.33. The maximum Gasteiger partial charge on any atom is 0.129 e. The van der Waals surface area contributed by atoms with E-state index in [1.54, 1.807) is 0 Å². The first kappa shape index (κ1) is 17.4. The summed E-state index contributed by atoms with van der Waals surface area (Å²) in [5, 5.41) is 6.44. The van der Waals surface area contributed by atoms with Crippen molar-refractivity contribution >= 4 is 5.71 Å². The molecule has 1 aliphatic heterocycles. The maximum atomic E-state index is 5.39. The zero-order chi connectivity index (χ0) is 9.90. The number of hydrogen-bond acceptors (Lipinski definition) is 2. The summed E-state index contributed by atoms with van der Waals surface area (Å²) in [6.45, 7) is 9.02. The minimum absolute atomic E-state index is 0. The average Bonchev–Trinajstić information content (AvgIpc) is 2.46. The predicted molar refractivity (Wildman–Crippen MR) is 51.2 cm³/mol. The van der Waals surface area contributed by atoms with Crippen molar-refractivity contribution in [3.8, 4) is 0 Å². The fourth-order valence-corrected chi connectivity index (χ4v) is 1.33. The summed E-state index contributed by atoms with van der Waals surface area (Å²) < 4.78 is 0. The average molecular weight is 258 g/mol. The standard InChI is InChI=1S/C9H19N3O.2ClH/c1-9(2,3)13-12-8-6-11-5-7(8)4-10;;/h7,11H,4-6,10H2,1-3H3;2*1H/b12-8+;;. The second kappa shape index (κ2) is 7.28. The molecule has 0 saturated carbocycles. The molecule has 1 unspecified atom stereocenters. The van der Waals surface area contributed by atoms with Crippen LogP contribution in [0.5, 0.6) is 0 Å². The Balaban J connectivity index is 0. The Morgan fingerprint density at radius 2 is 2.07 bits per heavy atom. The molecule has 0 bridgehead atoms. The van der Waals surface area contributed by atoms with E-state index in [-0.39, 0.29) is 30.4 Å². The van der Waals surface area contributed by atoms with Gasteiger partial charge >= 0.3 is 0 Å². The molecule has 0 aromatic rings. The van der Waals surface area contributed by atoms with Crippen molar-refractivity contribution in [2.75, 3.05) is 19.6 Å². The lowest BCUT2D eigenvalue weighted by Crippen LogP contribution is -3.00. The van der Waals surface area contributed by atoms with Crippen LogP contribution >= 0.6 is 0 Å². The molecule has 5 N–H and O–H groups in total. The van der Waals surface area contributed by atoms with Gasteiger partial charge in [-0.1, -0.05) is 5.16 Å². The van der Waals surface area contributed by atoms with E-state index in [9.17, 15) is 0 Å². The number of halogens is 2. The molecule has 92 valence electrons. The lowest BCUT2D eigenvalue weighted by Gasteiger charge is -2.16. The number of oxime groups is 1. The van der Waals surface area contributed by atoms with E-state index in [2.05, 4.69) is 16.2 Å². The largest absolute Gasteiger partial charge is 1.00 e. The monoisotopic (exact) mass is 257 g/mol. The topological polar surface area (TPSA) is 65.8 Å². The molecule has 0 radical (unpaired) electrons. The second-order valence-electron chi connectivity index (χ2n) is 4.50. The van der Waals surface area contributed by atoms with Crippen LogP contribution in [0, 0.1) is 5.92 Å². The lowest BCUT2D eigenvalue weighted by molar-refractivity contribution is -0.635. The van der Waals surface area contributed by atoms with E-state index < -0.39 is 0 Å². The molecule has 0 aromatic carbocycles.